The smallest absolute Gasteiger partial charge is 0.263 e. The van der Waals surface area contributed by atoms with E-state index in [-0.39, 0.29) is 5.91 Å². The predicted molar refractivity (Wildman–Crippen MR) is 101 cm³/mol. The molecule has 6 heteroatoms. The van der Waals surface area contributed by atoms with Crippen LogP contribution in [0.2, 0.25) is 0 Å². The van der Waals surface area contributed by atoms with E-state index < -0.39 is 0 Å². The van der Waals surface area contributed by atoms with Crippen LogP contribution >= 0.6 is 11.3 Å². The molecule has 2 N–H and O–H groups in total. The molecular formula is C19H20N4OS. The van der Waals surface area contributed by atoms with Gasteiger partial charge in [-0.1, -0.05) is 47.7 Å². The topological polar surface area (TPSA) is 66.9 Å². The minimum atomic E-state index is -0.102. The number of nitrogens with zero attached hydrogens (tertiary/aromatic N) is 2. The van der Waals surface area contributed by atoms with Crippen molar-refractivity contribution in [3.63, 3.8) is 0 Å². The first kappa shape index (κ1) is 17.1. The third-order valence-corrected chi connectivity index (χ3v) is 4.83. The number of amides is 1. The van der Waals surface area contributed by atoms with E-state index in [1.54, 1.807) is 12.4 Å². The summed E-state index contributed by atoms with van der Waals surface area (Å²) in [7, 11) is 0. The maximum atomic E-state index is 12.4. The Morgan fingerprint density at radius 2 is 1.92 bits per heavy atom. The quantitative estimate of drug-likeness (QED) is 0.684. The number of hydrogen-bond donors (Lipinski definition) is 2. The summed E-state index contributed by atoms with van der Waals surface area (Å²) >= 11 is 1.39. The van der Waals surface area contributed by atoms with Crippen molar-refractivity contribution < 1.29 is 4.79 Å². The van der Waals surface area contributed by atoms with E-state index in [9.17, 15) is 4.79 Å². The van der Waals surface area contributed by atoms with Crippen molar-refractivity contribution in [1.82, 2.24) is 15.3 Å². The van der Waals surface area contributed by atoms with Gasteiger partial charge in [0.2, 0.25) is 0 Å². The molecule has 0 saturated carbocycles. The van der Waals surface area contributed by atoms with Gasteiger partial charge in [0.05, 0.1) is 5.69 Å². The third-order valence-electron chi connectivity index (χ3n) is 3.71. The Kier molecular flexibility index (Phi) is 5.74. The van der Waals surface area contributed by atoms with Crippen LogP contribution in [0, 0.1) is 6.92 Å². The fourth-order valence-corrected chi connectivity index (χ4v) is 3.31. The minimum absolute atomic E-state index is 0.102. The van der Waals surface area contributed by atoms with E-state index >= 15 is 0 Å². The molecule has 1 amide bonds. The highest BCUT2D eigenvalue weighted by Crippen LogP contribution is 2.22. The number of thiazole rings is 1. The number of carbonyl (C=O) groups is 1. The zero-order valence-corrected chi connectivity index (χ0v) is 14.8. The molecule has 0 fully saturated rings. The third kappa shape index (κ3) is 4.87. The molecule has 25 heavy (non-hydrogen) atoms. The summed E-state index contributed by atoms with van der Waals surface area (Å²) in [6.45, 7) is 3.10. The molecule has 3 aromatic rings. The Hall–Kier alpha value is -2.73. The van der Waals surface area contributed by atoms with E-state index in [0.717, 1.165) is 29.4 Å². The average Bonchev–Trinajstić information content (AvgIpc) is 3.02. The second-order valence-electron chi connectivity index (χ2n) is 5.64. The Morgan fingerprint density at radius 3 is 2.68 bits per heavy atom. The lowest BCUT2D eigenvalue weighted by Crippen LogP contribution is -2.22. The number of carbonyl (C=O) groups excluding carboxylic acids is 1. The molecule has 0 aliphatic rings. The van der Waals surface area contributed by atoms with Crippen LogP contribution in [0.25, 0.3) is 0 Å². The highest BCUT2D eigenvalue weighted by Gasteiger charge is 2.15. The van der Waals surface area contributed by atoms with Crippen molar-refractivity contribution >= 4 is 22.4 Å². The van der Waals surface area contributed by atoms with Gasteiger partial charge in [0, 0.05) is 25.5 Å². The zero-order valence-electron chi connectivity index (χ0n) is 14.0. The van der Waals surface area contributed by atoms with E-state index in [4.69, 9.17) is 0 Å². The van der Waals surface area contributed by atoms with Gasteiger partial charge in [0.25, 0.3) is 5.91 Å². The van der Waals surface area contributed by atoms with Crippen molar-refractivity contribution in [2.24, 2.45) is 0 Å². The van der Waals surface area contributed by atoms with Crippen molar-refractivity contribution in [3.05, 3.63) is 76.6 Å². The molecular weight excluding hydrogens is 332 g/mol. The van der Waals surface area contributed by atoms with Crippen molar-refractivity contribution in [2.75, 3.05) is 11.9 Å². The van der Waals surface area contributed by atoms with Crippen LogP contribution in [0.5, 0.6) is 0 Å². The normalized spacial score (nSPS) is 10.4. The monoisotopic (exact) mass is 352 g/mol. The number of nitrogens with one attached hydrogen (secondary N) is 2. The van der Waals surface area contributed by atoms with Crippen LogP contribution in [-0.4, -0.2) is 22.4 Å². The van der Waals surface area contributed by atoms with Gasteiger partial charge in [0.1, 0.15) is 4.88 Å². The van der Waals surface area contributed by atoms with Crippen LogP contribution in [-0.2, 0) is 13.0 Å². The molecule has 5 nitrogen and oxygen atoms in total. The SMILES string of the molecule is Cc1nc(NCCc2ccccc2)sc1C(=O)NCc1cccnc1. The summed E-state index contributed by atoms with van der Waals surface area (Å²) in [4.78, 5) is 21.5. The minimum Gasteiger partial charge on any atom is -0.361 e. The lowest BCUT2D eigenvalue weighted by molar-refractivity contribution is 0.0954. The van der Waals surface area contributed by atoms with Gasteiger partial charge in [-0.15, -0.1) is 0 Å². The van der Waals surface area contributed by atoms with Gasteiger partial charge < -0.3 is 10.6 Å². The molecule has 2 aromatic heterocycles. The van der Waals surface area contributed by atoms with Gasteiger partial charge in [-0.2, -0.15) is 0 Å². The molecule has 0 atom stereocenters. The number of aromatic nitrogens is 2. The van der Waals surface area contributed by atoms with Crippen LogP contribution in [0.3, 0.4) is 0 Å². The van der Waals surface area contributed by atoms with E-state index in [1.165, 1.54) is 16.9 Å². The lowest BCUT2D eigenvalue weighted by atomic mass is 10.2. The summed E-state index contributed by atoms with van der Waals surface area (Å²) in [5.41, 5.74) is 2.99. The van der Waals surface area contributed by atoms with E-state index in [0.29, 0.717) is 11.4 Å². The first-order chi connectivity index (χ1) is 12.2. The molecule has 0 unspecified atom stereocenters. The molecule has 0 radical (unpaired) electrons. The highest BCUT2D eigenvalue weighted by atomic mass is 32.1. The van der Waals surface area contributed by atoms with Crippen LogP contribution < -0.4 is 10.6 Å². The summed E-state index contributed by atoms with van der Waals surface area (Å²) in [5, 5.41) is 6.99. The summed E-state index contributed by atoms with van der Waals surface area (Å²) < 4.78 is 0. The molecule has 3 rings (SSSR count). The molecule has 0 bridgehead atoms. The van der Waals surface area contributed by atoms with Crippen molar-refractivity contribution in [1.29, 1.82) is 0 Å². The molecule has 0 aliphatic heterocycles. The van der Waals surface area contributed by atoms with Crippen LogP contribution in [0.15, 0.2) is 54.9 Å². The summed E-state index contributed by atoms with van der Waals surface area (Å²) in [6, 6.07) is 14.1. The molecule has 2 heterocycles. The number of benzene rings is 1. The average molecular weight is 352 g/mol. The number of anilines is 1. The Bertz CT molecular complexity index is 818. The fourth-order valence-electron chi connectivity index (χ4n) is 2.41. The van der Waals surface area contributed by atoms with Gasteiger partial charge in [-0.05, 0) is 30.5 Å². The first-order valence-corrected chi connectivity index (χ1v) is 8.96. The Balaban J connectivity index is 1.53. The summed E-state index contributed by atoms with van der Waals surface area (Å²) in [5.74, 6) is -0.102. The van der Waals surface area contributed by atoms with Crippen LogP contribution in [0.4, 0.5) is 5.13 Å². The number of rotatable bonds is 7. The molecule has 128 valence electrons. The maximum Gasteiger partial charge on any atom is 0.263 e. The second-order valence-corrected chi connectivity index (χ2v) is 6.64. The summed E-state index contributed by atoms with van der Waals surface area (Å²) in [6.07, 6.45) is 4.38. The first-order valence-electron chi connectivity index (χ1n) is 8.14. The van der Waals surface area contributed by atoms with Gasteiger partial charge in [-0.3, -0.25) is 9.78 Å². The second kappa shape index (κ2) is 8.39. The number of hydrogen-bond acceptors (Lipinski definition) is 5. The molecule has 1 aromatic carbocycles. The standard InChI is InChI=1S/C19H20N4OS/c1-14-17(18(24)22-13-16-8-5-10-20-12-16)25-19(23-14)21-11-9-15-6-3-2-4-7-15/h2-8,10,12H,9,11,13H2,1H3,(H,21,23)(H,22,24). The Labute approximate surface area is 151 Å². The largest absolute Gasteiger partial charge is 0.361 e. The number of pyridine rings is 1. The zero-order chi connectivity index (χ0) is 17.5. The highest BCUT2D eigenvalue weighted by molar-refractivity contribution is 7.17. The molecule has 0 saturated heterocycles. The maximum absolute atomic E-state index is 12.4. The molecule has 0 aliphatic carbocycles. The fraction of sp³-hybridized carbons (Fsp3) is 0.211. The van der Waals surface area contributed by atoms with Gasteiger partial charge >= 0.3 is 0 Å². The lowest BCUT2D eigenvalue weighted by Gasteiger charge is -2.03. The van der Waals surface area contributed by atoms with Crippen LogP contribution in [0.1, 0.15) is 26.5 Å². The molecule has 0 spiro atoms. The van der Waals surface area contributed by atoms with Crippen molar-refractivity contribution in [3.8, 4) is 0 Å². The predicted octanol–water partition coefficient (Wildman–Crippen LogP) is 3.43. The Morgan fingerprint density at radius 1 is 1.12 bits per heavy atom. The van der Waals surface area contributed by atoms with Crippen molar-refractivity contribution in [2.45, 2.75) is 19.9 Å². The van der Waals surface area contributed by atoms with Gasteiger partial charge in [0.15, 0.2) is 5.13 Å². The number of aryl methyl sites for hydroxylation is 1. The van der Waals surface area contributed by atoms with Gasteiger partial charge in [-0.25, -0.2) is 4.98 Å². The van der Waals surface area contributed by atoms with E-state index in [1.807, 2.05) is 37.3 Å². The van der Waals surface area contributed by atoms with E-state index in [2.05, 4.69) is 32.7 Å².